The molecule has 20 heavy (non-hydrogen) atoms. The number of hydrogen-bond acceptors (Lipinski definition) is 3. The smallest absolute Gasteiger partial charge is 0.255 e. The summed E-state index contributed by atoms with van der Waals surface area (Å²) in [5, 5.41) is 0. The first-order valence-electron chi connectivity index (χ1n) is 6.73. The first-order valence-corrected chi connectivity index (χ1v) is 6.73. The number of carbonyl (C=O) groups is 1. The number of carbonyl (C=O) groups excluding carboxylic acids is 1. The summed E-state index contributed by atoms with van der Waals surface area (Å²) in [5.41, 5.74) is 6.71. The Kier molecular flexibility index (Phi) is 6.78. The van der Waals surface area contributed by atoms with Gasteiger partial charge < -0.3 is 15.4 Å². The van der Waals surface area contributed by atoms with Crippen LogP contribution in [0.2, 0.25) is 0 Å². The largest absolute Gasteiger partial charge is 0.383 e. The van der Waals surface area contributed by atoms with Crippen molar-refractivity contribution in [3.05, 3.63) is 35.4 Å². The Hall–Kier alpha value is -1.83. The number of rotatable bonds is 5. The van der Waals surface area contributed by atoms with E-state index in [2.05, 4.69) is 11.8 Å². The quantitative estimate of drug-likeness (QED) is 0.828. The molecule has 1 atom stereocenters. The van der Waals surface area contributed by atoms with Crippen LogP contribution < -0.4 is 5.73 Å². The van der Waals surface area contributed by atoms with Crippen LogP contribution in [0.15, 0.2) is 24.3 Å². The molecule has 0 spiro atoms. The maximum atomic E-state index is 12.6. The summed E-state index contributed by atoms with van der Waals surface area (Å²) < 4.78 is 5.13. The lowest BCUT2D eigenvalue weighted by molar-refractivity contribution is 0.0579. The molecule has 4 nitrogen and oxygen atoms in total. The molecule has 0 aliphatic rings. The molecule has 1 unspecified atom stereocenters. The second-order valence-corrected chi connectivity index (χ2v) is 4.45. The minimum atomic E-state index is -0.0287. The van der Waals surface area contributed by atoms with Crippen LogP contribution in [0.3, 0.4) is 0 Å². The normalized spacial score (nSPS) is 11.4. The van der Waals surface area contributed by atoms with Crippen LogP contribution in [-0.2, 0) is 4.74 Å². The van der Waals surface area contributed by atoms with Crippen molar-refractivity contribution >= 4 is 5.91 Å². The molecule has 0 saturated heterocycles. The van der Waals surface area contributed by atoms with Gasteiger partial charge in [-0.25, -0.2) is 0 Å². The molecule has 0 fully saturated rings. The van der Waals surface area contributed by atoms with Gasteiger partial charge in [0.25, 0.3) is 5.91 Å². The third-order valence-electron chi connectivity index (χ3n) is 3.02. The van der Waals surface area contributed by atoms with Crippen molar-refractivity contribution < 1.29 is 9.53 Å². The Balaban J connectivity index is 3.06. The van der Waals surface area contributed by atoms with Crippen molar-refractivity contribution in [1.29, 1.82) is 0 Å². The monoisotopic (exact) mass is 274 g/mol. The first-order chi connectivity index (χ1) is 9.65. The Morgan fingerprint density at radius 2 is 2.15 bits per heavy atom. The fourth-order valence-electron chi connectivity index (χ4n) is 2.07. The van der Waals surface area contributed by atoms with Gasteiger partial charge >= 0.3 is 0 Å². The van der Waals surface area contributed by atoms with E-state index in [1.165, 1.54) is 0 Å². The van der Waals surface area contributed by atoms with Crippen LogP contribution in [0.4, 0.5) is 0 Å². The maximum absolute atomic E-state index is 12.6. The van der Waals surface area contributed by atoms with Gasteiger partial charge in [0, 0.05) is 19.2 Å². The van der Waals surface area contributed by atoms with Crippen LogP contribution in [-0.4, -0.2) is 43.7 Å². The average Bonchev–Trinajstić information content (AvgIpc) is 2.46. The van der Waals surface area contributed by atoms with Gasteiger partial charge in [0.05, 0.1) is 24.8 Å². The molecule has 0 radical (unpaired) electrons. The molecule has 1 amide bonds. The SMILES string of the molecule is CCN(C(=O)c1ccccc1C#CCN)C(C)COC. The molecule has 0 bridgehead atoms. The van der Waals surface area contributed by atoms with Gasteiger partial charge in [-0.1, -0.05) is 24.0 Å². The number of amides is 1. The van der Waals surface area contributed by atoms with Gasteiger partial charge in [0.2, 0.25) is 0 Å². The highest BCUT2D eigenvalue weighted by atomic mass is 16.5. The zero-order chi connectivity index (χ0) is 15.0. The van der Waals surface area contributed by atoms with E-state index in [4.69, 9.17) is 10.5 Å². The topological polar surface area (TPSA) is 55.6 Å². The van der Waals surface area contributed by atoms with Crippen LogP contribution in [0.25, 0.3) is 0 Å². The lowest BCUT2D eigenvalue weighted by atomic mass is 10.1. The predicted molar refractivity (Wildman–Crippen MR) is 80.4 cm³/mol. The number of benzene rings is 1. The standard InChI is InChI=1S/C16H22N2O2/c1-4-18(13(2)12-20-3)16(19)15-10-6-5-8-14(15)9-7-11-17/h5-6,8,10,13H,4,11-12,17H2,1-3H3. The van der Waals surface area contributed by atoms with Gasteiger partial charge in [-0.15, -0.1) is 0 Å². The molecule has 108 valence electrons. The van der Waals surface area contributed by atoms with E-state index >= 15 is 0 Å². The number of nitrogens with two attached hydrogens (primary N) is 1. The molecule has 0 aliphatic heterocycles. The third-order valence-corrected chi connectivity index (χ3v) is 3.02. The van der Waals surface area contributed by atoms with Gasteiger partial charge in [-0.3, -0.25) is 4.79 Å². The first kappa shape index (κ1) is 16.2. The Morgan fingerprint density at radius 1 is 1.45 bits per heavy atom. The minimum Gasteiger partial charge on any atom is -0.383 e. The second kappa shape index (κ2) is 8.36. The molecule has 1 aromatic rings. The Bertz CT molecular complexity index is 503. The maximum Gasteiger partial charge on any atom is 0.255 e. The predicted octanol–water partition coefficient (Wildman–Crippen LogP) is 1.49. The third kappa shape index (κ3) is 4.09. The van der Waals surface area contributed by atoms with Crippen molar-refractivity contribution in [2.75, 3.05) is 26.8 Å². The highest BCUT2D eigenvalue weighted by molar-refractivity contribution is 5.97. The molecule has 2 N–H and O–H groups in total. The highest BCUT2D eigenvalue weighted by Gasteiger charge is 2.21. The second-order valence-electron chi connectivity index (χ2n) is 4.45. The van der Waals surface area contributed by atoms with Crippen molar-refractivity contribution in [1.82, 2.24) is 4.90 Å². The summed E-state index contributed by atoms with van der Waals surface area (Å²) in [6.45, 7) is 5.34. The van der Waals surface area contributed by atoms with Crippen LogP contribution in [0.1, 0.15) is 29.8 Å². The number of nitrogens with zero attached hydrogens (tertiary/aromatic N) is 1. The summed E-state index contributed by atoms with van der Waals surface area (Å²) in [4.78, 5) is 14.4. The van der Waals surface area contributed by atoms with E-state index in [-0.39, 0.29) is 18.5 Å². The molecule has 1 aromatic carbocycles. The van der Waals surface area contributed by atoms with E-state index in [0.717, 1.165) is 0 Å². The van der Waals surface area contributed by atoms with Crippen molar-refractivity contribution in [2.24, 2.45) is 5.73 Å². The highest BCUT2D eigenvalue weighted by Crippen LogP contribution is 2.13. The molecule has 1 rings (SSSR count). The molecule has 0 aliphatic carbocycles. The van der Waals surface area contributed by atoms with E-state index in [1.54, 1.807) is 18.1 Å². The average molecular weight is 274 g/mol. The lowest BCUT2D eigenvalue weighted by Gasteiger charge is -2.28. The molecule has 0 heterocycles. The van der Waals surface area contributed by atoms with Crippen molar-refractivity contribution in [3.63, 3.8) is 0 Å². The summed E-state index contributed by atoms with van der Waals surface area (Å²) in [6.07, 6.45) is 0. The van der Waals surface area contributed by atoms with E-state index in [9.17, 15) is 4.79 Å². The van der Waals surface area contributed by atoms with E-state index in [1.807, 2.05) is 32.0 Å². The molecule has 0 aromatic heterocycles. The molecular weight excluding hydrogens is 252 g/mol. The molecule has 0 saturated carbocycles. The zero-order valence-corrected chi connectivity index (χ0v) is 12.3. The summed E-state index contributed by atoms with van der Waals surface area (Å²) >= 11 is 0. The number of hydrogen-bond donors (Lipinski definition) is 1. The van der Waals surface area contributed by atoms with Gasteiger partial charge in [0.1, 0.15) is 0 Å². The number of ether oxygens (including phenoxy) is 1. The van der Waals surface area contributed by atoms with Gasteiger partial charge in [-0.2, -0.15) is 0 Å². The van der Waals surface area contributed by atoms with Crippen molar-refractivity contribution in [3.8, 4) is 11.8 Å². The summed E-state index contributed by atoms with van der Waals surface area (Å²) in [7, 11) is 1.63. The van der Waals surface area contributed by atoms with Gasteiger partial charge in [-0.05, 0) is 26.0 Å². The van der Waals surface area contributed by atoms with Crippen LogP contribution in [0, 0.1) is 11.8 Å². The molecular formula is C16H22N2O2. The van der Waals surface area contributed by atoms with Crippen LogP contribution in [0.5, 0.6) is 0 Å². The Labute approximate surface area is 120 Å². The van der Waals surface area contributed by atoms with Crippen molar-refractivity contribution in [2.45, 2.75) is 19.9 Å². The minimum absolute atomic E-state index is 0.0213. The lowest BCUT2D eigenvalue weighted by Crippen LogP contribution is -2.41. The summed E-state index contributed by atoms with van der Waals surface area (Å²) in [6, 6.07) is 7.37. The Morgan fingerprint density at radius 3 is 2.75 bits per heavy atom. The summed E-state index contributed by atoms with van der Waals surface area (Å²) in [5.74, 6) is 5.71. The van der Waals surface area contributed by atoms with Gasteiger partial charge in [0.15, 0.2) is 0 Å². The van der Waals surface area contributed by atoms with E-state index in [0.29, 0.717) is 24.3 Å². The zero-order valence-electron chi connectivity index (χ0n) is 12.3. The number of methoxy groups -OCH3 is 1. The van der Waals surface area contributed by atoms with Crippen LogP contribution >= 0.6 is 0 Å². The molecule has 4 heteroatoms. The number of likely N-dealkylation sites (N-methyl/N-ethyl adjacent to an activating group) is 1. The fraction of sp³-hybridized carbons (Fsp3) is 0.438. The fourth-order valence-corrected chi connectivity index (χ4v) is 2.07. The van der Waals surface area contributed by atoms with E-state index < -0.39 is 0 Å².